The number of anilines is 3. The highest BCUT2D eigenvalue weighted by molar-refractivity contribution is 5.97. The zero-order valence-electron chi connectivity index (χ0n) is 17.8. The maximum atomic E-state index is 4.68. The molecule has 0 saturated carbocycles. The van der Waals surface area contributed by atoms with Gasteiger partial charge in [0.15, 0.2) is 0 Å². The van der Waals surface area contributed by atoms with E-state index in [0.717, 1.165) is 39.1 Å². The van der Waals surface area contributed by atoms with Crippen molar-refractivity contribution in [2.24, 2.45) is 0 Å². The lowest BCUT2D eigenvalue weighted by Crippen LogP contribution is -2.04. The molecule has 4 N–H and O–H groups in total. The molecule has 6 heteroatoms. The summed E-state index contributed by atoms with van der Waals surface area (Å²) < 4.78 is 0. The molecule has 0 atom stereocenters. The summed E-state index contributed by atoms with van der Waals surface area (Å²) in [6, 6.07) is 27.1. The van der Waals surface area contributed by atoms with Crippen molar-refractivity contribution in [2.45, 2.75) is 6.54 Å². The van der Waals surface area contributed by atoms with Gasteiger partial charge in [0.05, 0.1) is 5.69 Å². The summed E-state index contributed by atoms with van der Waals surface area (Å²) >= 11 is 0. The van der Waals surface area contributed by atoms with Crippen LogP contribution < -0.4 is 10.6 Å². The number of benzene rings is 3. The van der Waals surface area contributed by atoms with Crippen LogP contribution in [0.5, 0.6) is 0 Å². The molecule has 0 aliphatic heterocycles. The zero-order valence-corrected chi connectivity index (χ0v) is 17.8. The molecule has 0 fully saturated rings. The molecule has 33 heavy (non-hydrogen) atoms. The molecule has 6 aromatic rings. The second-order valence-electron chi connectivity index (χ2n) is 7.97. The maximum absolute atomic E-state index is 4.68. The highest BCUT2D eigenvalue weighted by Gasteiger charge is 2.09. The fourth-order valence-corrected chi connectivity index (χ4v) is 4.11. The third-order valence-electron chi connectivity index (χ3n) is 5.77. The number of rotatable bonds is 6. The van der Waals surface area contributed by atoms with Gasteiger partial charge in [0.2, 0.25) is 5.95 Å². The third kappa shape index (κ3) is 3.90. The Bertz CT molecular complexity index is 1550. The van der Waals surface area contributed by atoms with Gasteiger partial charge < -0.3 is 20.6 Å². The molecule has 0 aliphatic rings. The van der Waals surface area contributed by atoms with Gasteiger partial charge in [-0.2, -0.15) is 4.98 Å². The molecule has 0 unspecified atom stereocenters. The van der Waals surface area contributed by atoms with Crippen LogP contribution >= 0.6 is 0 Å². The van der Waals surface area contributed by atoms with Crippen molar-refractivity contribution < 1.29 is 0 Å². The van der Waals surface area contributed by atoms with E-state index in [1.807, 2.05) is 36.7 Å². The zero-order chi connectivity index (χ0) is 22.0. The molecule has 0 radical (unpaired) electrons. The molecule has 160 valence electrons. The first-order chi connectivity index (χ1) is 16.3. The number of fused-ring (bicyclic) bond motifs is 2. The Kier molecular flexibility index (Phi) is 4.73. The van der Waals surface area contributed by atoms with Gasteiger partial charge in [-0.1, -0.05) is 36.4 Å². The van der Waals surface area contributed by atoms with Crippen LogP contribution in [0.4, 0.5) is 17.5 Å². The Labute approximate surface area is 190 Å². The number of nitrogens with zero attached hydrogens (tertiary/aromatic N) is 2. The maximum Gasteiger partial charge on any atom is 0.229 e. The van der Waals surface area contributed by atoms with E-state index in [1.165, 1.54) is 10.9 Å². The van der Waals surface area contributed by atoms with Gasteiger partial charge in [-0.05, 0) is 64.5 Å². The van der Waals surface area contributed by atoms with E-state index in [4.69, 9.17) is 0 Å². The molecule has 3 aromatic heterocycles. The van der Waals surface area contributed by atoms with Gasteiger partial charge >= 0.3 is 0 Å². The molecule has 6 rings (SSSR count). The van der Waals surface area contributed by atoms with Crippen molar-refractivity contribution >= 4 is 39.3 Å². The van der Waals surface area contributed by atoms with E-state index in [1.54, 1.807) is 6.20 Å². The summed E-state index contributed by atoms with van der Waals surface area (Å²) in [7, 11) is 0. The van der Waals surface area contributed by atoms with Crippen LogP contribution in [0.1, 0.15) is 5.56 Å². The minimum absolute atomic E-state index is 0.550. The topological polar surface area (TPSA) is 81.4 Å². The van der Waals surface area contributed by atoms with E-state index >= 15 is 0 Å². The van der Waals surface area contributed by atoms with Gasteiger partial charge in [0.1, 0.15) is 5.82 Å². The molecular formula is C27H22N6. The number of aromatic amines is 2. The van der Waals surface area contributed by atoms with E-state index in [-0.39, 0.29) is 0 Å². The lowest BCUT2D eigenvalue weighted by molar-refractivity contribution is 1.09. The summed E-state index contributed by atoms with van der Waals surface area (Å²) in [5, 5.41) is 9.12. The standard InChI is InChI=1S/C27H22N6/c1-2-4-19(5-3-1)21-15-24-22(9-12-29-24)25(16-21)32-27-30-13-10-26(33-27)31-17-18-6-7-23-20(14-18)8-11-28-23/h1-16,28-29H,17H2,(H2,30,31,32,33). The van der Waals surface area contributed by atoms with Crippen LogP contribution in [0.15, 0.2) is 97.5 Å². The summed E-state index contributed by atoms with van der Waals surface area (Å²) in [5.41, 5.74) is 6.65. The van der Waals surface area contributed by atoms with Crippen LogP contribution in [0, 0.1) is 0 Å². The second-order valence-corrected chi connectivity index (χ2v) is 7.97. The smallest absolute Gasteiger partial charge is 0.229 e. The first-order valence-corrected chi connectivity index (χ1v) is 10.9. The van der Waals surface area contributed by atoms with Crippen molar-refractivity contribution in [1.82, 2.24) is 19.9 Å². The minimum Gasteiger partial charge on any atom is -0.366 e. The number of hydrogen-bond donors (Lipinski definition) is 4. The molecule has 0 saturated heterocycles. The molecule has 0 amide bonds. The van der Waals surface area contributed by atoms with E-state index in [2.05, 4.69) is 85.2 Å². The van der Waals surface area contributed by atoms with Gasteiger partial charge in [0.25, 0.3) is 0 Å². The first-order valence-electron chi connectivity index (χ1n) is 10.9. The first kappa shape index (κ1) is 19.1. The highest BCUT2D eigenvalue weighted by atomic mass is 15.1. The van der Waals surface area contributed by atoms with E-state index in [9.17, 15) is 0 Å². The Morgan fingerprint density at radius 2 is 1.64 bits per heavy atom. The third-order valence-corrected chi connectivity index (χ3v) is 5.77. The number of aromatic nitrogens is 4. The van der Waals surface area contributed by atoms with Crippen LogP contribution in [0.2, 0.25) is 0 Å². The largest absolute Gasteiger partial charge is 0.366 e. The lowest BCUT2D eigenvalue weighted by atomic mass is 10.0. The predicted molar refractivity (Wildman–Crippen MR) is 135 cm³/mol. The van der Waals surface area contributed by atoms with Crippen molar-refractivity contribution in [3.8, 4) is 11.1 Å². The molecule has 0 aliphatic carbocycles. The fraction of sp³-hybridized carbons (Fsp3) is 0.0370. The summed E-state index contributed by atoms with van der Waals surface area (Å²) in [6.07, 6.45) is 5.67. The van der Waals surface area contributed by atoms with E-state index < -0.39 is 0 Å². The SMILES string of the molecule is c1ccc(-c2cc(Nc3nccc(NCc4ccc5[nH]ccc5c4)n3)c3cc[nH]c3c2)cc1. The fourth-order valence-electron chi connectivity index (χ4n) is 4.11. The Morgan fingerprint density at radius 3 is 2.58 bits per heavy atom. The minimum atomic E-state index is 0.550. The number of H-pyrrole nitrogens is 2. The van der Waals surface area contributed by atoms with Crippen LogP contribution in [0.25, 0.3) is 32.9 Å². The molecule has 0 spiro atoms. The van der Waals surface area contributed by atoms with Gasteiger partial charge in [-0.15, -0.1) is 0 Å². The quantitative estimate of drug-likeness (QED) is 0.244. The second kappa shape index (κ2) is 8.16. The molecule has 0 bridgehead atoms. The van der Waals surface area contributed by atoms with Gasteiger partial charge in [0, 0.05) is 41.6 Å². The summed E-state index contributed by atoms with van der Waals surface area (Å²) in [4.78, 5) is 15.7. The Hall–Kier alpha value is -4.58. The van der Waals surface area contributed by atoms with E-state index in [0.29, 0.717) is 12.5 Å². The Morgan fingerprint density at radius 1 is 0.758 bits per heavy atom. The monoisotopic (exact) mass is 430 g/mol. The van der Waals surface area contributed by atoms with Gasteiger partial charge in [-0.25, -0.2) is 4.98 Å². The van der Waals surface area contributed by atoms with Gasteiger partial charge in [-0.3, -0.25) is 0 Å². The van der Waals surface area contributed by atoms with Crippen molar-refractivity contribution in [1.29, 1.82) is 0 Å². The average molecular weight is 431 g/mol. The van der Waals surface area contributed by atoms with Crippen molar-refractivity contribution in [2.75, 3.05) is 10.6 Å². The Balaban J connectivity index is 1.25. The lowest BCUT2D eigenvalue weighted by Gasteiger charge is -2.11. The van der Waals surface area contributed by atoms with Crippen molar-refractivity contribution in [3.63, 3.8) is 0 Å². The van der Waals surface area contributed by atoms with Crippen molar-refractivity contribution in [3.05, 3.63) is 103 Å². The van der Waals surface area contributed by atoms with Crippen LogP contribution in [-0.2, 0) is 6.54 Å². The number of hydrogen-bond acceptors (Lipinski definition) is 4. The molecule has 3 heterocycles. The molecule has 3 aromatic carbocycles. The predicted octanol–water partition coefficient (Wildman–Crippen LogP) is 6.46. The molecule has 6 nitrogen and oxygen atoms in total. The summed E-state index contributed by atoms with van der Waals surface area (Å²) in [6.45, 7) is 0.684. The molecular weight excluding hydrogens is 408 g/mol. The number of nitrogens with one attached hydrogen (secondary N) is 4. The van der Waals surface area contributed by atoms with Crippen LogP contribution in [-0.4, -0.2) is 19.9 Å². The highest BCUT2D eigenvalue weighted by Crippen LogP contribution is 2.32. The average Bonchev–Trinajstić information content (AvgIpc) is 3.53. The van der Waals surface area contributed by atoms with Crippen LogP contribution in [0.3, 0.4) is 0 Å². The summed E-state index contributed by atoms with van der Waals surface area (Å²) in [5.74, 6) is 1.32. The normalized spacial score (nSPS) is 11.2.